The lowest BCUT2D eigenvalue weighted by atomic mass is 9.77. The van der Waals surface area contributed by atoms with E-state index in [2.05, 4.69) is 0 Å². The normalized spacial score (nSPS) is 24.4. The average molecular weight is 215 g/mol. The fraction of sp³-hybridized carbons (Fsp3) is 1.00. The average Bonchev–Trinajstić information content (AvgIpc) is 2.38. The molecule has 1 rings (SSSR count). The second-order valence-electron chi connectivity index (χ2n) is 4.70. The monoisotopic (exact) mass is 215 g/mol. The number of rotatable bonds is 2. The minimum absolute atomic E-state index is 0.0268. The lowest BCUT2D eigenvalue weighted by Crippen LogP contribution is -2.41. The molecule has 1 heterocycles. The highest BCUT2D eigenvalue weighted by Gasteiger charge is 2.52. The Morgan fingerprint density at radius 3 is 1.67 bits per heavy atom. The maximum absolute atomic E-state index is 5.87. The van der Waals surface area contributed by atoms with Gasteiger partial charge in [0.1, 0.15) is 0 Å². The third kappa shape index (κ3) is 3.20. The van der Waals surface area contributed by atoms with Gasteiger partial charge in [-0.3, -0.25) is 0 Å². The van der Waals surface area contributed by atoms with Gasteiger partial charge < -0.3 is 15.0 Å². The zero-order chi connectivity index (χ0) is 12.3. The molecule has 0 saturated carbocycles. The fourth-order valence-corrected chi connectivity index (χ4v) is 1.26. The maximum Gasteiger partial charge on any atom is 0.475 e. The Hall–Kier alpha value is -0.0551. The molecule has 0 unspecified atom stereocenters. The summed E-state index contributed by atoms with van der Waals surface area (Å²) in [4.78, 5) is 0. The van der Waals surface area contributed by atoms with Crippen LogP contribution in [0.25, 0.3) is 0 Å². The predicted octanol–water partition coefficient (Wildman–Crippen LogP) is 2.38. The quantitative estimate of drug-likeness (QED) is 0.719. The molecule has 0 aromatic rings. The van der Waals surface area contributed by atoms with Crippen molar-refractivity contribution in [1.82, 2.24) is 0 Å². The smallest absolute Gasteiger partial charge is 0.402 e. The van der Waals surface area contributed by atoms with Crippen molar-refractivity contribution in [2.45, 2.75) is 72.0 Å². The second-order valence-corrected chi connectivity index (χ2v) is 4.70. The predicted molar refractivity (Wildman–Crippen MR) is 65.7 cm³/mol. The molecular weight excluding hydrogens is 189 g/mol. The van der Waals surface area contributed by atoms with Crippen LogP contribution in [0.4, 0.5) is 0 Å². The molecular formula is C11H26BNO2. The molecule has 0 aliphatic carbocycles. The Bertz CT molecular complexity index is 179. The highest BCUT2D eigenvalue weighted by molar-refractivity contribution is 6.47. The molecule has 0 aromatic heterocycles. The molecule has 1 atom stereocenters. The summed E-state index contributed by atoms with van der Waals surface area (Å²) in [5.74, 6) is -0.0268. The molecule has 90 valence electrons. The molecule has 1 saturated heterocycles. The summed E-state index contributed by atoms with van der Waals surface area (Å²) in [6.45, 7) is 14.2. The van der Waals surface area contributed by atoms with Crippen molar-refractivity contribution in [3.63, 3.8) is 0 Å². The zero-order valence-corrected chi connectivity index (χ0v) is 11.3. The van der Waals surface area contributed by atoms with Gasteiger partial charge in [-0.2, -0.15) is 0 Å². The standard InChI is InChI=1S/C9H20BNO2.C2H6/c1-6-7(11)10-12-8(2,3)9(4,5)13-10;1-2/h7H,6,11H2,1-5H3;1-2H3/t7-;/m0./s1. The van der Waals surface area contributed by atoms with Crippen LogP contribution in [0.1, 0.15) is 54.9 Å². The van der Waals surface area contributed by atoms with Gasteiger partial charge in [0.2, 0.25) is 0 Å². The largest absolute Gasteiger partial charge is 0.475 e. The van der Waals surface area contributed by atoms with Crippen LogP contribution < -0.4 is 5.73 Å². The Morgan fingerprint density at radius 2 is 1.40 bits per heavy atom. The van der Waals surface area contributed by atoms with Crippen molar-refractivity contribution in [3.05, 3.63) is 0 Å². The summed E-state index contributed by atoms with van der Waals surface area (Å²) in [6, 6.07) is 0. The molecule has 0 aromatic carbocycles. The summed E-state index contributed by atoms with van der Waals surface area (Å²) < 4.78 is 11.5. The lowest BCUT2D eigenvalue weighted by molar-refractivity contribution is 0.00578. The van der Waals surface area contributed by atoms with Crippen LogP contribution >= 0.6 is 0 Å². The van der Waals surface area contributed by atoms with Crippen molar-refractivity contribution in [1.29, 1.82) is 0 Å². The Kier molecular flexibility index (Phi) is 5.31. The third-order valence-corrected chi connectivity index (χ3v) is 3.09. The van der Waals surface area contributed by atoms with Crippen LogP contribution in [-0.4, -0.2) is 24.3 Å². The van der Waals surface area contributed by atoms with E-state index < -0.39 is 0 Å². The first kappa shape index (κ1) is 14.9. The number of nitrogens with two attached hydrogens (primary N) is 1. The summed E-state index contributed by atoms with van der Waals surface area (Å²) >= 11 is 0. The molecule has 0 bridgehead atoms. The minimum Gasteiger partial charge on any atom is -0.402 e. The van der Waals surface area contributed by atoms with Crippen molar-refractivity contribution < 1.29 is 9.31 Å². The zero-order valence-electron chi connectivity index (χ0n) is 11.3. The van der Waals surface area contributed by atoms with Gasteiger partial charge in [0.15, 0.2) is 0 Å². The van der Waals surface area contributed by atoms with E-state index in [1.165, 1.54) is 0 Å². The van der Waals surface area contributed by atoms with Crippen molar-refractivity contribution >= 4 is 7.12 Å². The van der Waals surface area contributed by atoms with Gasteiger partial charge in [-0.15, -0.1) is 0 Å². The highest BCUT2D eigenvalue weighted by atomic mass is 16.7. The van der Waals surface area contributed by atoms with E-state index in [0.717, 1.165) is 6.42 Å². The highest BCUT2D eigenvalue weighted by Crippen LogP contribution is 2.37. The van der Waals surface area contributed by atoms with Crippen LogP contribution in [0.15, 0.2) is 0 Å². The maximum atomic E-state index is 5.87. The van der Waals surface area contributed by atoms with Crippen LogP contribution in [-0.2, 0) is 9.31 Å². The Morgan fingerprint density at radius 1 is 1.07 bits per heavy atom. The Labute approximate surface area is 94.8 Å². The molecule has 0 amide bonds. The van der Waals surface area contributed by atoms with Crippen LogP contribution in [0.3, 0.4) is 0 Å². The molecule has 0 radical (unpaired) electrons. The number of hydrogen-bond acceptors (Lipinski definition) is 3. The van der Waals surface area contributed by atoms with Gasteiger partial charge in [0.05, 0.1) is 11.2 Å². The van der Waals surface area contributed by atoms with Crippen LogP contribution in [0.5, 0.6) is 0 Å². The van der Waals surface area contributed by atoms with Gasteiger partial charge >= 0.3 is 7.12 Å². The Balaban J connectivity index is 0.000000921. The molecule has 0 spiro atoms. The van der Waals surface area contributed by atoms with E-state index in [4.69, 9.17) is 15.0 Å². The van der Waals surface area contributed by atoms with Gasteiger partial charge in [-0.1, -0.05) is 20.8 Å². The molecule has 1 aliphatic heterocycles. The van der Waals surface area contributed by atoms with E-state index in [1.807, 2.05) is 48.5 Å². The van der Waals surface area contributed by atoms with E-state index in [0.29, 0.717) is 0 Å². The first-order valence-corrected chi connectivity index (χ1v) is 5.91. The first-order valence-electron chi connectivity index (χ1n) is 5.91. The topological polar surface area (TPSA) is 44.5 Å². The summed E-state index contributed by atoms with van der Waals surface area (Å²) in [7, 11) is -0.255. The molecule has 2 N–H and O–H groups in total. The summed E-state index contributed by atoms with van der Waals surface area (Å²) in [6.07, 6.45) is 0.872. The lowest BCUT2D eigenvalue weighted by Gasteiger charge is -2.32. The molecule has 15 heavy (non-hydrogen) atoms. The number of hydrogen-bond donors (Lipinski definition) is 1. The second kappa shape index (κ2) is 5.33. The van der Waals surface area contributed by atoms with Crippen LogP contribution in [0.2, 0.25) is 0 Å². The van der Waals surface area contributed by atoms with E-state index >= 15 is 0 Å². The van der Waals surface area contributed by atoms with E-state index in [-0.39, 0.29) is 24.3 Å². The fourth-order valence-electron chi connectivity index (χ4n) is 1.26. The van der Waals surface area contributed by atoms with Crippen molar-refractivity contribution in [2.24, 2.45) is 5.73 Å². The molecule has 1 fully saturated rings. The van der Waals surface area contributed by atoms with Crippen molar-refractivity contribution in [3.8, 4) is 0 Å². The van der Waals surface area contributed by atoms with Crippen molar-refractivity contribution in [2.75, 3.05) is 0 Å². The summed E-state index contributed by atoms with van der Waals surface area (Å²) in [5.41, 5.74) is 5.35. The molecule has 1 aliphatic rings. The van der Waals surface area contributed by atoms with Gasteiger partial charge in [0, 0.05) is 5.94 Å². The van der Waals surface area contributed by atoms with Gasteiger partial charge in [-0.25, -0.2) is 0 Å². The van der Waals surface area contributed by atoms with Crippen LogP contribution in [0, 0.1) is 0 Å². The van der Waals surface area contributed by atoms with E-state index in [1.54, 1.807) is 0 Å². The van der Waals surface area contributed by atoms with E-state index in [9.17, 15) is 0 Å². The minimum atomic E-state index is -0.259. The summed E-state index contributed by atoms with van der Waals surface area (Å²) in [5, 5.41) is 0. The molecule has 4 heteroatoms. The SMILES string of the molecule is CC.CC[C@H](N)B1OC(C)(C)C(C)(C)O1. The van der Waals surface area contributed by atoms with Gasteiger partial charge in [0.25, 0.3) is 0 Å². The van der Waals surface area contributed by atoms with Gasteiger partial charge in [-0.05, 0) is 34.1 Å². The molecule has 3 nitrogen and oxygen atoms in total. The first-order chi connectivity index (χ1) is 6.80. The third-order valence-electron chi connectivity index (χ3n) is 3.09.